The molecule has 0 amide bonds. The first kappa shape index (κ1) is 10.3. The molecule has 0 aliphatic carbocycles. The predicted octanol–water partition coefficient (Wildman–Crippen LogP) is 3.58. The molecule has 0 aromatic rings. The van der Waals surface area contributed by atoms with E-state index < -0.39 is 0 Å². The van der Waals surface area contributed by atoms with Crippen LogP contribution in [0.25, 0.3) is 0 Å². The van der Waals surface area contributed by atoms with Crippen molar-refractivity contribution in [3.8, 4) is 0 Å². The predicted molar refractivity (Wildman–Crippen MR) is 49.7 cm³/mol. The maximum Gasteiger partial charge on any atom is 0.0751 e. The van der Waals surface area contributed by atoms with Gasteiger partial charge >= 0.3 is 0 Å². The van der Waals surface area contributed by atoms with Crippen LogP contribution in [0.1, 0.15) is 39.0 Å². The van der Waals surface area contributed by atoms with Crippen molar-refractivity contribution in [2.24, 2.45) is 0 Å². The molecule has 0 bridgehead atoms. The summed E-state index contributed by atoms with van der Waals surface area (Å²) in [4.78, 5) is 0. The number of allylic oxidation sites excluding steroid dienone is 3. The summed E-state index contributed by atoms with van der Waals surface area (Å²) in [5, 5.41) is 8.30. The third-order valence-electron chi connectivity index (χ3n) is 1.50. The lowest BCUT2D eigenvalue weighted by atomic mass is 10.2. The van der Waals surface area contributed by atoms with Gasteiger partial charge in [-0.15, -0.1) is 0 Å². The van der Waals surface area contributed by atoms with Crippen LogP contribution in [0.15, 0.2) is 24.5 Å². The van der Waals surface area contributed by atoms with E-state index in [1.807, 2.05) is 0 Å². The van der Waals surface area contributed by atoms with Crippen LogP contribution in [0.2, 0.25) is 0 Å². The van der Waals surface area contributed by atoms with Gasteiger partial charge in [0.15, 0.2) is 0 Å². The van der Waals surface area contributed by atoms with Crippen LogP contribution >= 0.6 is 0 Å². The third kappa shape index (κ3) is 9.28. The van der Waals surface area contributed by atoms with E-state index in [4.69, 9.17) is 5.11 Å². The molecule has 0 atom stereocenters. The SMILES string of the molecule is CCCC/C=C/CC/C=C/O. The minimum absolute atomic E-state index is 0.944. The van der Waals surface area contributed by atoms with Crippen LogP contribution in [0.4, 0.5) is 0 Å². The maximum absolute atomic E-state index is 8.30. The molecular formula is C10H18O. The number of hydrogen-bond acceptors (Lipinski definition) is 1. The van der Waals surface area contributed by atoms with Gasteiger partial charge in [0.05, 0.1) is 6.26 Å². The summed E-state index contributed by atoms with van der Waals surface area (Å²) in [6.45, 7) is 2.20. The van der Waals surface area contributed by atoms with Crippen LogP contribution in [0.5, 0.6) is 0 Å². The maximum atomic E-state index is 8.30. The zero-order valence-electron chi connectivity index (χ0n) is 7.29. The van der Waals surface area contributed by atoms with Crippen LogP contribution < -0.4 is 0 Å². The molecule has 1 heteroatoms. The highest BCUT2D eigenvalue weighted by molar-refractivity contribution is 4.84. The molecule has 0 saturated heterocycles. The molecule has 0 aliphatic rings. The van der Waals surface area contributed by atoms with E-state index in [2.05, 4.69) is 19.1 Å². The average Bonchev–Trinajstić information content (AvgIpc) is 2.03. The summed E-state index contributed by atoms with van der Waals surface area (Å²) in [5.41, 5.74) is 0. The smallest absolute Gasteiger partial charge is 0.0751 e. The molecule has 0 radical (unpaired) electrons. The van der Waals surface area contributed by atoms with Gasteiger partial charge in [0.1, 0.15) is 0 Å². The molecule has 1 nitrogen and oxygen atoms in total. The van der Waals surface area contributed by atoms with Gasteiger partial charge in [-0.3, -0.25) is 0 Å². The Kier molecular flexibility index (Phi) is 8.67. The normalized spacial score (nSPS) is 11.7. The Hall–Kier alpha value is -0.720. The zero-order valence-corrected chi connectivity index (χ0v) is 7.29. The van der Waals surface area contributed by atoms with Crippen molar-refractivity contribution in [3.63, 3.8) is 0 Å². The van der Waals surface area contributed by atoms with Gasteiger partial charge in [0.2, 0.25) is 0 Å². The Labute approximate surface area is 69.4 Å². The summed E-state index contributed by atoms with van der Waals surface area (Å²) in [5.74, 6) is 0. The molecular weight excluding hydrogens is 136 g/mol. The van der Waals surface area contributed by atoms with E-state index in [-0.39, 0.29) is 0 Å². The van der Waals surface area contributed by atoms with E-state index in [0.29, 0.717) is 0 Å². The van der Waals surface area contributed by atoms with Gasteiger partial charge in [0, 0.05) is 0 Å². The first-order chi connectivity index (χ1) is 5.41. The average molecular weight is 154 g/mol. The second-order valence-corrected chi connectivity index (χ2v) is 2.58. The largest absolute Gasteiger partial charge is 0.516 e. The number of aliphatic hydroxyl groups excluding tert-OH is 1. The molecule has 0 unspecified atom stereocenters. The third-order valence-corrected chi connectivity index (χ3v) is 1.50. The van der Waals surface area contributed by atoms with E-state index >= 15 is 0 Å². The Bertz CT molecular complexity index is 114. The van der Waals surface area contributed by atoms with E-state index in [0.717, 1.165) is 19.1 Å². The van der Waals surface area contributed by atoms with Gasteiger partial charge in [-0.25, -0.2) is 0 Å². The summed E-state index contributed by atoms with van der Waals surface area (Å²) < 4.78 is 0. The highest BCUT2D eigenvalue weighted by Gasteiger charge is 1.78. The summed E-state index contributed by atoms with van der Waals surface area (Å²) >= 11 is 0. The van der Waals surface area contributed by atoms with Gasteiger partial charge in [-0.05, 0) is 25.3 Å². The van der Waals surface area contributed by atoms with Crippen molar-refractivity contribution in [1.82, 2.24) is 0 Å². The standard InChI is InChI=1S/C10H18O/c1-2-3-4-5-6-7-8-9-10-11/h5-6,9-11H,2-4,7-8H2,1H3/b6-5+,10-9+. The molecule has 0 spiro atoms. The van der Waals surface area contributed by atoms with Gasteiger partial charge in [0.25, 0.3) is 0 Å². The molecule has 0 aromatic carbocycles. The molecule has 0 aliphatic heterocycles. The van der Waals surface area contributed by atoms with E-state index in [1.165, 1.54) is 19.3 Å². The topological polar surface area (TPSA) is 20.2 Å². The number of rotatable bonds is 6. The van der Waals surface area contributed by atoms with Gasteiger partial charge in [-0.1, -0.05) is 31.9 Å². The molecule has 11 heavy (non-hydrogen) atoms. The minimum atomic E-state index is 0.944. The Morgan fingerprint density at radius 2 is 1.64 bits per heavy atom. The van der Waals surface area contributed by atoms with E-state index in [1.54, 1.807) is 6.08 Å². The molecule has 0 fully saturated rings. The second-order valence-electron chi connectivity index (χ2n) is 2.58. The lowest BCUT2D eigenvalue weighted by Crippen LogP contribution is -1.68. The fraction of sp³-hybridized carbons (Fsp3) is 0.600. The molecule has 0 heterocycles. The van der Waals surface area contributed by atoms with Gasteiger partial charge < -0.3 is 5.11 Å². The summed E-state index contributed by atoms with van der Waals surface area (Å²) in [6.07, 6.45) is 13.0. The first-order valence-electron chi connectivity index (χ1n) is 4.36. The van der Waals surface area contributed by atoms with Crippen LogP contribution in [-0.4, -0.2) is 5.11 Å². The summed E-state index contributed by atoms with van der Waals surface area (Å²) in [6, 6.07) is 0. The molecule has 1 N–H and O–H groups in total. The van der Waals surface area contributed by atoms with Crippen LogP contribution in [0, 0.1) is 0 Å². The van der Waals surface area contributed by atoms with Gasteiger partial charge in [-0.2, -0.15) is 0 Å². The lowest BCUT2D eigenvalue weighted by molar-refractivity contribution is 0.471. The number of hydrogen-bond donors (Lipinski definition) is 1. The van der Waals surface area contributed by atoms with Crippen molar-refractivity contribution in [2.75, 3.05) is 0 Å². The number of aliphatic hydroxyl groups is 1. The lowest BCUT2D eigenvalue weighted by Gasteiger charge is -1.88. The molecule has 64 valence electrons. The fourth-order valence-corrected chi connectivity index (χ4v) is 0.825. The Morgan fingerprint density at radius 3 is 2.27 bits per heavy atom. The van der Waals surface area contributed by atoms with Crippen LogP contribution in [0.3, 0.4) is 0 Å². The molecule has 0 rings (SSSR count). The van der Waals surface area contributed by atoms with Crippen molar-refractivity contribution in [2.45, 2.75) is 39.0 Å². The monoisotopic (exact) mass is 154 g/mol. The van der Waals surface area contributed by atoms with Crippen molar-refractivity contribution >= 4 is 0 Å². The Balaban J connectivity index is 3.03. The Morgan fingerprint density at radius 1 is 1.00 bits per heavy atom. The fourth-order valence-electron chi connectivity index (χ4n) is 0.825. The highest BCUT2D eigenvalue weighted by atomic mass is 16.2. The van der Waals surface area contributed by atoms with Crippen molar-refractivity contribution < 1.29 is 5.11 Å². The molecule has 0 saturated carbocycles. The first-order valence-corrected chi connectivity index (χ1v) is 4.36. The zero-order chi connectivity index (χ0) is 8.36. The number of unbranched alkanes of at least 4 members (excludes halogenated alkanes) is 3. The second kappa shape index (κ2) is 9.28. The van der Waals surface area contributed by atoms with Crippen molar-refractivity contribution in [3.05, 3.63) is 24.5 Å². The quantitative estimate of drug-likeness (QED) is 0.352. The minimum Gasteiger partial charge on any atom is -0.516 e. The highest BCUT2D eigenvalue weighted by Crippen LogP contribution is 1.98. The van der Waals surface area contributed by atoms with E-state index in [9.17, 15) is 0 Å². The summed E-state index contributed by atoms with van der Waals surface area (Å²) in [7, 11) is 0. The van der Waals surface area contributed by atoms with Crippen LogP contribution in [-0.2, 0) is 0 Å². The molecule has 0 aromatic heterocycles. The van der Waals surface area contributed by atoms with Crippen molar-refractivity contribution in [1.29, 1.82) is 0 Å².